The molecule has 0 aromatic carbocycles. The van der Waals surface area contributed by atoms with Crippen LogP contribution in [0.4, 0.5) is 5.82 Å². The smallest absolute Gasteiger partial charge is 0.274 e. The van der Waals surface area contributed by atoms with Gasteiger partial charge in [0.05, 0.1) is 0 Å². The first-order valence-corrected chi connectivity index (χ1v) is 8.97. The zero-order chi connectivity index (χ0) is 17.5. The van der Waals surface area contributed by atoms with Crippen LogP contribution < -0.4 is 5.32 Å². The maximum atomic E-state index is 12.5. The van der Waals surface area contributed by atoms with Gasteiger partial charge in [-0.25, -0.2) is 0 Å². The number of likely N-dealkylation sites (N-methyl/N-ethyl adjacent to an activating group) is 1. The zero-order valence-electron chi connectivity index (χ0n) is 14.7. The first-order valence-electron chi connectivity index (χ1n) is 8.97. The maximum absolute atomic E-state index is 12.5. The number of amides is 1. The highest BCUT2D eigenvalue weighted by atomic mass is 16.2. The van der Waals surface area contributed by atoms with E-state index in [1.165, 1.54) is 32.1 Å². The molecule has 1 N–H and O–H groups in total. The molecule has 1 saturated carbocycles. The number of nitrogens with one attached hydrogen (secondary N) is 1. The molecule has 2 heterocycles. The van der Waals surface area contributed by atoms with E-state index in [2.05, 4.69) is 20.5 Å². The van der Waals surface area contributed by atoms with Gasteiger partial charge in [-0.15, -0.1) is 10.2 Å². The predicted molar refractivity (Wildman–Crippen MR) is 97.4 cm³/mol. The first kappa shape index (κ1) is 17.3. The molecule has 25 heavy (non-hydrogen) atoms. The van der Waals surface area contributed by atoms with Crippen molar-refractivity contribution < 1.29 is 4.79 Å². The molecule has 2 aromatic rings. The number of hydrogen-bond acceptors (Lipinski definition) is 5. The van der Waals surface area contributed by atoms with Gasteiger partial charge in [-0.2, -0.15) is 0 Å². The number of carbonyl (C=O) groups is 1. The van der Waals surface area contributed by atoms with Crippen molar-refractivity contribution in [3.8, 4) is 0 Å². The molecule has 0 radical (unpaired) electrons. The van der Waals surface area contributed by atoms with Gasteiger partial charge < -0.3 is 10.2 Å². The molecule has 1 fully saturated rings. The minimum absolute atomic E-state index is 0.106. The summed E-state index contributed by atoms with van der Waals surface area (Å²) in [7, 11) is 1.79. The van der Waals surface area contributed by atoms with Crippen LogP contribution in [-0.4, -0.2) is 45.6 Å². The van der Waals surface area contributed by atoms with E-state index in [1.54, 1.807) is 30.4 Å². The fraction of sp³-hybridized carbons (Fsp3) is 0.474. The summed E-state index contributed by atoms with van der Waals surface area (Å²) in [6.07, 6.45) is 10.5. The van der Waals surface area contributed by atoms with Crippen LogP contribution in [0.15, 0.2) is 36.7 Å². The summed E-state index contributed by atoms with van der Waals surface area (Å²) in [6.45, 7) is 0.632. The van der Waals surface area contributed by atoms with Gasteiger partial charge in [0, 0.05) is 32.0 Å². The predicted octanol–water partition coefficient (Wildman–Crippen LogP) is 2.93. The number of aromatic nitrogens is 3. The largest absolute Gasteiger partial charge is 0.366 e. The molecule has 0 bridgehead atoms. The van der Waals surface area contributed by atoms with Crippen LogP contribution in [0.2, 0.25) is 0 Å². The van der Waals surface area contributed by atoms with E-state index in [9.17, 15) is 4.79 Å². The summed E-state index contributed by atoms with van der Waals surface area (Å²) in [5.41, 5.74) is 1.54. The summed E-state index contributed by atoms with van der Waals surface area (Å²) in [4.78, 5) is 18.1. The van der Waals surface area contributed by atoms with Gasteiger partial charge >= 0.3 is 0 Å². The SMILES string of the molecule is CN(CCc1ccncc1)C(=O)c1ccc(NC2CCCCC2)nn1. The molecule has 0 aliphatic heterocycles. The Bertz CT molecular complexity index is 668. The number of carbonyl (C=O) groups excluding carboxylic acids is 1. The summed E-state index contributed by atoms with van der Waals surface area (Å²) in [5.74, 6) is 0.647. The van der Waals surface area contributed by atoms with Crippen molar-refractivity contribution in [2.45, 2.75) is 44.6 Å². The van der Waals surface area contributed by atoms with E-state index in [1.807, 2.05) is 18.2 Å². The Morgan fingerprint density at radius 1 is 1.12 bits per heavy atom. The third-order valence-electron chi connectivity index (χ3n) is 4.67. The molecule has 1 aliphatic carbocycles. The maximum Gasteiger partial charge on any atom is 0.274 e. The molecule has 6 nitrogen and oxygen atoms in total. The van der Waals surface area contributed by atoms with Gasteiger partial charge in [0.2, 0.25) is 0 Å². The quantitative estimate of drug-likeness (QED) is 0.876. The average molecular weight is 339 g/mol. The second-order valence-corrected chi connectivity index (χ2v) is 6.62. The van der Waals surface area contributed by atoms with Crippen molar-refractivity contribution in [1.29, 1.82) is 0 Å². The van der Waals surface area contributed by atoms with E-state index in [4.69, 9.17) is 0 Å². The Hall–Kier alpha value is -2.50. The topological polar surface area (TPSA) is 71.0 Å². The Morgan fingerprint density at radius 2 is 1.88 bits per heavy atom. The molecule has 2 aromatic heterocycles. The highest BCUT2D eigenvalue weighted by molar-refractivity contribution is 5.92. The lowest BCUT2D eigenvalue weighted by molar-refractivity contribution is 0.0789. The van der Waals surface area contributed by atoms with Crippen LogP contribution in [0.25, 0.3) is 0 Å². The highest BCUT2D eigenvalue weighted by Gasteiger charge is 2.16. The van der Waals surface area contributed by atoms with Gasteiger partial charge in [0.15, 0.2) is 5.69 Å². The summed E-state index contributed by atoms with van der Waals surface area (Å²) >= 11 is 0. The Balaban J connectivity index is 1.52. The number of pyridine rings is 1. The lowest BCUT2D eigenvalue weighted by atomic mass is 9.95. The summed E-state index contributed by atoms with van der Waals surface area (Å²) < 4.78 is 0. The second-order valence-electron chi connectivity index (χ2n) is 6.62. The standard InChI is InChI=1S/C19H25N5O/c1-24(14-11-15-9-12-20-13-10-15)19(25)17-7-8-18(23-22-17)21-16-5-3-2-4-6-16/h7-10,12-13,16H,2-6,11,14H2,1H3,(H,21,23). The van der Waals surface area contributed by atoms with Crippen molar-refractivity contribution in [3.63, 3.8) is 0 Å². The fourth-order valence-corrected chi connectivity index (χ4v) is 3.12. The number of anilines is 1. The van der Waals surface area contributed by atoms with Crippen LogP contribution in [0.5, 0.6) is 0 Å². The van der Waals surface area contributed by atoms with Crippen LogP contribution >= 0.6 is 0 Å². The number of rotatable bonds is 6. The molecule has 0 spiro atoms. The van der Waals surface area contributed by atoms with E-state index >= 15 is 0 Å². The number of nitrogens with zero attached hydrogens (tertiary/aromatic N) is 4. The molecule has 6 heteroatoms. The monoisotopic (exact) mass is 339 g/mol. The molecular formula is C19H25N5O. The van der Waals surface area contributed by atoms with Gasteiger partial charge in [0.1, 0.15) is 5.82 Å². The molecule has 1 amide bonds. The van der Waals surface area contributed by atoms with Gasteiger partial charge in [0.25, 0.3) is 5.91 Å². The zero-order valence-corrected chi connectivity index (χ0v) is 14.7. The van der Waals surface area contributed by atoms with Crippen LogP contribution in [0.3, 0.4) is 0 Å². The van der Waals surface area contributed by atoms with Crippen molar-refractivity contribution >= 4 is 11.7 Å². The molecule has 0 atom stereocenters. The average Bonchev–Trinajstić information content (AvgIpc) is 2.68. The van der Waals surface area contributed by atoms with E-state index in [0.29, 0.717) is 18.3 Å². The number of hydrogen-bond donors (Lipinski definition) is 1. The Labute approximate surface area is 148 Å². The van der Waals surface area contributed by atoms with Crippen LogP contribution in [0.1, 0.15) is 48.2 Å². The minimum atomic E-state index is -0.106. The van der Waals surface area contributed by atoms with Crippen molar-refractivity contribution in [3.05, 3.63) is 47.9 Å². The van der Waals surface area contributed by atoms with Crippen molar-refractivity contribution in [2.75, 3.05) is 18.9 Å². The highest BCUT2D eigenvalue weighted by Crippen LogP contribution is 2.20. The van der Waals surface area contributed by atoms with E-state index in [0.717, 1.165) is 17.8 Å². The fourth-order valence-electron chi connectivity index (χ4n) is 3.12. The Kier molecular flexibility index (Phi) is 5.93. The van der Waals surface area contributed by atoms with E-state index < -0.39 is 0 Å². The van der Waals surface area contributed by atoms with E-state index in [-0.39, 0.29) is 5.91 Å². The molecule has 1 aliphatic rings. The van der Waals surface area contributed by atoms with Gasteiger partial charge in [-0.1, -0.05) is 19.3 Å². The minimum Gasteiger partial charge on any atom is -0.366 e. The summed E-state index contributed by atoms with van der Waals surface area (Å²) in [5, 5.41) is 11.7. The lowest BCUT2D eigenvalue weighted by Gasteiger charge is -2.23. The van der Waals surface area contributed by atoms with Crippen molar-refractivity contribution in [1.82, 2.24) is 20.1 Å². The van der Waals surface area contributed by atoms with Gasteiger partial charge in [-0.3, -0.25) is 9.78 Å². The molecular weight excluding hydrogens is 314 g/mol. The third kappa shape index (κ3) is 4.98. The molecule has 132 valence electrons. The second kappa shape index (κ2) is 8.55. The van der Waals surface area contributed by atoms with Crippen LogP contribution in [-0.2, 0) is 6.42 Å². The summed E-state index contributed by atoms with van der Waals surface area (Å²) in [6, 6.07) is 8.01. The van der Waals surface area contributed by atoms with Crippen molar-refractivity contribution in [2.24, 2.45) is 0 Å². The molecule has 3 rings (SSSR count). The normalized spacial score (nSPS) is 14.9. The Morgan fingerprint density at radius 3 is 2.56 bits per heavy atom. The third-order valence-corrected chi connectivity index (χ3v) is 4.67. The lowest BCUT2D eigenvalue weighted by Crippen LogP contribution is -2.30. The van der Waals surface area contributed by atoms with Crippen LogP contribution in [0, 0.1) is 0 Å². The molecule has 0 unspecified atom stereocenters. The first-order chi connectivity index (χ1) is 12.2. The van der Waals surface area contributed by atoms with Gasteiger partial charge in [-0.05, 0) is 49.1 Å². The molecule has 0 saturated heterocycles.